The van der Waals surface area contributed by atoms with E-state index in [1.807, 2.05) is 44.4 Å². The van der Waals surface area contributed by atoms with Crippen molar-refractivity contribution in [3.05, 3.63) is 35.4 Å². The lowest BCUT2D eigenvalue weighted by atomic mass is 9.91. The largest absolute Gasteiger partial charge is 0.480 e. The van der Waals surface area contributed by atoms with Crippen LogP contribution in [0.25, 0.3) is 0 Å². The molecule has 33 heavy (non-hydrogen) atoms. The first kappa shape index (κ1) is 27.5. The summed E-state index contributed by atoms with van der Waals surface area (Å²) in [7, 11) is 0. The third-order valence-corrected chi connectivity index (χ3v) is 6.95. The average Bonchev–Trinajstić information content (AvgIpc) is 2.80. The van der Waals surface area contributed by atoms with Crippen LogP contribution in [0.3, 0.4) is 0 Å². The highest BCUT2D eigenvalue weighted by molar-refractivity contribution is 7.98. The molecule has 8 nitrogen and oxygen atoms in total. The lowest BCUT2D eigenvalue weighted by molar-refractivity contribution is -0.141. The predicted molar refractivity (Wildman–Crippen MR) is 136 cm³/mol. The average molecular weight is 497 g/mol. The van der Waals surface area contributed by atoms with Gasteiger partial charge in [-0.25, -0.2) is 0 Å². The Morgan fingerprint density at radius 1 is 1.27 bits per heavy atom. The summed E-state index contributed by atoms with van der Waals surface area (Å²) >= 11 is 5.67. The molecule has 0 fully saturated rings. The first-order valence-electron chi connectivity index (χ1n) is 11.2. The molecule has 0 bridgehead atoms. The van der Waals surface area contributed by atoms with Gasteiger partial charge in [-0.1, -0.05) is 38.1 Å². The van der Waals surface area contributed by atoms with Crippen molar-refractivity contribution in [1.82, 2.24) is 15.5 Å². The van der Waals surface area contributed by atoms with Gasteiger partial charge >= 0.3 is 5.97 Å². The number of hydrogen-bond acceptors (Lipinski definition) is 7. The van der Waals surface area contributed by atoms with Crippen LogP contribution < -0.4 is 16.4 Å². The zero-order valence-corrected chi connectivity index (χ0v) is 21.2. The Labute approximate surface area is 205 Å². The lowest BCUT2D eigenvalue weighted by Gasteiger charge is -2.40. The van der Waals surface area contributed by atoms with Crippen molar-refractivity contribution in [1.29, 1.82) is 0 Å². The summed E-state index contributed by atoms with van der Waals surface area (Å²) in [5, 5.41) is 15.5. The van der Waals surface area contributed by atoms with Crippen LogP contribution in [0.5, 0.6) is 0 Å². The van der Waals surface area contributed by atoms with Crippen molar-refractivity contribution >= 4 is 42.2 Å². The van der Waals surface area contributed by atoms with Gasteiger partial charge in [-0.2, -0.15) is 24.4 Å². The van der Waals surface area contributed by atoms with Crippen LogP contribution in [0.2, 0.25) is 0 Å². The van der Waals surface area contributed by atoms with Gasteiger partial charge < -0.3 is 26.4 Å². The van der Waals surface area contributed by atoms with Gasteiger partial charge in [-0.15, -0.1) is 0 Å². The number of benzene rings is 1. The minimum absolute atomic E-state index is 0.146. The van der Waals surface area contributed by atoms with Crippen molar-refractivity contribution in [2.45, 2.75) is 57.4 Å². The summed E-state index contributed by atoms with van der Waals surface area (Å²) in [6.45, 7) is 4.51. The molecule has 1 aromatic carbocycles. The molecule has 0 spiro atoms. The Kier molecular flexibility index (Phi) is 11.0. The number of rotatable bonds is 12. The molecule has 0 aliphatic carbocycles. The summed E-state index contributed by atoms with van der Waals surface area (Å²) in [5.41, 5.74) is 8.00. The number of nitrogens with two attached hydrogens (primary N) is 1. The number of thiol groups is 1. The normalized spacial score (nSPS) is 18.4. The van der Waals surface area contributed by atoms with E-state index < -0.39 is 30.0 Å². The minimum atomic E-state index is -0.897. The fourth-order valence-electron chi connectivity index (χ4n) is 3.89. The number of thioether (sulfide) groups is 1. The summed E-state index contributed by atoms with van der Waals surface area (Å²) in [5.74, 6) is -0.735. The van der Waals surface area contributed by atoms with Gasteiger partial charge in [0.1, 0.15) is 12.1 Å². The van der Waals surface area contributed by atoms with E-state index >= 15 is 0 Å². The number of hydrogen-bond donors (Lipinski definition) is 5. The maximum atomic E-state index is 13.7. The molecule has 0 unspecified atom stereocenters. The second-order valence-corrected chi connectivity index (χ2v) is 10.0. The van der Waals surface area contributed by atoms with Crippen molar-refractivity contribution in [2.75, 3.05) is 24.3 Å². The van der Waals surface area contributed by atoms with Crippen LogP contribution in [-0.2, 0) is 27.3 Å². The van der Waals surface area contributed by atoms with Crippen LogP contribution in [0.15, 0.2) is 24.3 Å². The third-order valence-electron chi connectivity index (χ3n) is 5.91. The highest BCUT2D eigenvalue weighted by atomic mass is 32.2. The molecule has 0 radical (unpaired) electrons. The van der Waals surface area contributed by atoms with Crippen molar-refractivity contribution in [2.24, 2.45) is 11.7 Å². The first-order valence-corrected chi connectivity index (χ1v) is 13.2. The summed E-state index contributed by atoms with van der Waals surface area (Å²) in [6.07, 6.45) is 3.05. The highest BCUT2D eigenvalue weighted by Crippen LogP contribution is 2.25. The van der Waals surface area contributed by atoms with Crippen LogP contribution in [0, 0.1) is 5.92 Å². The maximum Gasteiger partial charge on any atom is 0.320 e. The Morgan fingerprint density at radius 2 is 1.94 bits per heavy atom. The van der Waals surface area contributed by atoms with Crippen LogP contribution in [-0.4, -0.2) is 76.3 Å². The number of aliphatic carboxylic acids is 1. The zero-order chi connectivity index (χ0) is 24.5. The van der Waals surface area contributed by atoms with E-state index in [1.165, 1.54) is 0 Å². The molecular formula is C23H36N4O4S2. The predicted octanol–water partition coefficient (Wildman–Crippen LogP) is 1.13. The third kappa shape index (κ3) is 7.63. The first-order chi connectivity index (χ1) is 15.7. The fraction of sp³-hybridized carbons (Fsp3) is 0.609. The molecule has 0 aromatic heterocycles. The van der Waals surface area contributed by atoms with E-state index in [0.29, 0.717) is 25.9 Å². The summed E-state index contributed by atoms with van der Waals surface area (Å²) in [6, 6.07) is 5.50. The van der Waals surface area contributed by atoms with E-state index in [1.54, 1.807) is 16.7 Å². The molecule has 0 saturated carbocycles. The second kappa shape index (κ2) is 13.2. The highest BCUT2D eigenvalue weighted by Gasteiger charge is 2.36. The molecule has 1 aromatic rings. The van der Waals surface area contributed by atoms with Gasteiger partial charge in [0.05, 0.1) is 6.04 Å². The molecule has 2 amide bonds. The van der Waals surface area contributed by atoms with Crippen LogP contribution >= 0.6 is 24.4 Å². The SMILES string of the molecule is CSCC[C@H](NC[C@@H]1Cc2ccccc2CN1C(=O)[C@@H](NC(=O)[C@@H](N)CS)C(C)C)C(=O)O. The second-order valence-electron chi connectivity index (χ2n) is 8.69. The van der Waals surface area contributed by atoms with Gasteiger partial charge in [-0.3, -0.25) is 14.4 Å². The van der Waals surface area contributed by atoms with Gasteiger partial charge in [-0.05, 0) is 41.9 Å². The van der Waals surface area contributed by atoms with Crippen LogP contribution in [0.1, 0.15) is 31.4 Å². The Bertz CT molecular complexity index is 823. The summed E-state index contributed by atoms with van der Waals surface area (Å²) in [4.78, 5) is 39.5. The molecule has 1 aliphatic rings. The topological polar surface area (TPSA) is 125 Å². The number of amides is 2. The fourth-order valence-corrected chi connectivity index (χ4v) is 4.53. The summed E-state index contributed by atoms with van der Waals surface area (Å²) < 4.78 is 0. The monoisotopic (exact) mass is 496 g/mol. The number of fused-ring (bicyclic) bond motifs is 1. The number of nitrogens with zero attached hydrogens (tertiary/aromatic N) is 1. The molecule has 184 valence electrons. The Morgan fingerprint density at radius 3 is 2.52 bits per heavy atom. The van der Waals surface area contributed by atoms with E-state index in [2.05, 4.69) is 23.3 Å². The molecule has 10 heteroatoms. The Hall–Kier alpha value is -1.75. The standard InChI is InChI=1S/C23H36N4O4S2/c1-14(2)20(26-21(28)18(24)13-32)22(29)27-12-16-7-5-4-6-15(16)10-17(27)11-25-19(23(30)31)8-9-33-3/h4-7,14,17-20,25,32H,8-13,24H2,1-3H3,(H,26,28)(H,30,31)/t17-,18-,19-,20-/m0/s1. The number of carbonyl (C=O) groups is 3. The van der Waals surface area contributed by atoms with Crippen molar-refractivity contribution < 1.29 is 19.5 Å². The van der Waals surface area contributed by atoms with E-state index in [0.717, 1.165) is 16.9 Å². The number of carboxylic acids is 1. The number of nitrogens with one attached hydrogen (secondary N) is 2. The number of carbonyl (C=O) groups excluding carboxylic acids is 2. The van der Waals surface area contributed by atoms with E-state index in [-0.39, 0.29) is 23.6 Å². The van der Waals surface area contributed by atoms with Crippen molar-refractivity contribution in [3.8, 4) is 0 Å². The van der Waals surface area contributed by atoms with Gasteiger partial charge in [0.15, 0.2) is 0 Å². The van der Waals surface area contributed by atoms with E-state index in [9.17, 15) is 19.5 Å². The zero-order valence-electron chi connectivity index (χ0n) is 19.5. The maximum absolute atomic E-state index is 13.7. The molecular weight excluding hydrogens is 460 g/mol. The molecule has 1 heterocycles. The molecule has 4 atom stereocenters. The van der Waals surface area contributed by atoms with Gasteiger partial charge in [0.2, 0.25) is 11.8 Å². The molecule has 2 rings (SSSR count). The molecule has 0 saturated heterocycles. The smallest absolute Gasteiger partial charge is 0.320 e. The quantitative estimate of drug-likeness (QED) is 0.275. The van der Waals surface area contributed by atoms with Gasteiger partial charge in [0, 0.05) is 24.9 Å². The van der Waals surface area contributed by atoms with E-state index in [4.69, 9.17) is 5.73 Å². The molecule has 5 N–H and O–H groups in total. The van der Waals surface area contributed by atoms with Crippen LogP contribution in [0.4, 0.5) is 0 Å². The Balaban J connectivity index is 2.25. The number of carboxylic acid groups (broad SMARTS) is 1. The minimum Gasteiger partial charge on any atom is -0.480 e. The molecule has 1 aliphatic heterocycles. The van der Waals surface area contributed by atoms with Crippen molar-refractivity contribution in [3.63, 3.8) is 0 Å². The lowest BCUT2D eigenvalue weighted by Crippen LogP contribution is -2.59. The van der Waals surface area contributed by atoms with Gasteiger partial charge in [0.25, 0.3) is 0 Å².